The Morgan fingerprint density at radius 1 is 1.19 bits per heavy atom. The Morgan fingerprint density at radius 3 is 2.76 bits per heavy atom. The molecule has 1 aliphatic rings. The largest absolute Gasteiger partial charge is 0.398 e. The lowest BCUT2D eigenvalue weighted by atomic mass is 9.88. The second-order valence-electron chi connectivity index (χ2n) is 5.41. The summed E-state index contributed by atoms with van der Waals surface area (Å²) in [5.41, 5.74) is 9.65. The first-order valence-electron chi connectivity index (χ1n) is 7.06. The molecule has 3 N–H and O–H groups in total. The van der Waals surface area contributed by atoms with Gasteiger partial charge in [-0.15, -0.1) is 0 Å². The number of aryl methyl sites for hydroxylation is 1. The van der Waals surface area contributed by atoms with Crippen LogP contribution >= 0.6 is 15.9 Å². The van der Waals surface area contributed by atoms with Crippen LogP contribution in [0.3, 0.4) is 0 Å². The van der Waals surface area contributed by atoms with Crippen LogP contribution in [0.5, 0.6) is 0 Å². The molecule has 0 heterocycles. The number of amides is 1. The number of anilines is 1. The van der Waals surface area contributed by atoms with E-state index in [9.17, 15) is 4.79 Å². The molecule has 0 radical (unpaired) electrons. The highest BCUT2D eigenvalue weighted by molar-refractivity contribution is 9.10. The van der Waals surface area contributed by atoms with E-state index in [0.29, 0.717) is 11.3 Å². The Balaban J connectivity index is 1.73. The number of benzene rings is 2. The fourth-order valence-corrected chi connectivity index (χ4v) is 3.17. The van der Waals surface area contributed by atoms with E-state index in [1.165, 1.54) is 11.1 Å². The van der Waals surface area contributed by atoms with Crippen LogP contribution in [0.15, 0.2) is 46.9 Å². The van der Waals surface area contributed by atoms with Crippen molar-refractivity contribution < 1.29 is 4.79 Å². The predicted octanol–water partition coefficient (Wildman–Crippen LogP) is 3.32. The summed E-state index contributed by atoms with van der Waals surface area (Å²) in [4.78, 5) is 12.4. The average Bonchev–Trinajstić information content (AvgIpc) is 2.49. The lowest BCUT2D eigenvalue weighted by Crippen LogP contribution is -2.39. The summed E-state index contributed by atoms with van der Waals surface area (Å²) in [6.45, 7) is 0. The summed E-state index contributed by atoms with van der Waals surface area (Å²) in [7, 11) is 0. The molecule has 3 rings (SSSR count). The lowest BCUT2D eigenvalue weighted by molar-refractivity contribution is 0.0934. The molecular formula is C17H17BrN2O. The highest BCUT2D eigenvalue weighted by Crippen LogP contribution is 2.22. The van der Waals surface area contributed by atoms with Gasteiger partial charge < -0.3 is 11.1 Å². The maximum atomic E-state index is 12.4. The highest BCUT2D eigenvalue weighted by atomic mass is 79.9. The van der Waals surface area contributed by atoms with Crippen molar-refractivity contribution in [3.63, 3.8) is 0 Å². The Kier molecular flexibility index (Phi) is 3.97. The molecule has 0 aromatic heterocycles. The standard InChI is InChI=1S/C17H17BrN2O/c18-13-6-8-16(19)15(10-13)17(21)20-14-7-5-11-3-1-2-4-12(11)9-14/h1-4,6,8,10,14H,5,7,9,19H2,(H,20,21). The quantitative estimate of drug-likeness (QED) is 0.821. The maximum absolute atomic E-state index is 12.4. The third kappa shape index (κ3) is 3.10. The smallest absolute Gasteiger partial charge is 0.253 e. The van der Waals surface area contributed by atoms with Gasteiger partial charge in [-0.2, -0.15) is 0 Å². The molecule has 0 aliphatic heterocycles. The van der Waals surface area contributed by atoms with Crippen LogP contribution in [0.1, 0.15) is 27.9 Å². The summed E-state index contributed by atoms with van der Waals surface area (Å²) in [5.74, 6) is -0.0989. The van der Waals surface area contributed by atoms with Gasteiger partial charge in [-0.3, -0.25) is 4.79 Å². The number of carbonyl (C=O) groups is 1. The number of halogens is 1. The van der Waals surface area contributed by atoms with Crippen molar-refractivity contribution in [1.82, 2.24) is 5.32 Å². The van der Waals surface area contributed by atoms with Crippen molar-refractivity contribution in [3.8, 4) is 0 Å². The molecule has 3 nitrogen and oxygen atoms in total. The van der Waals surface area contributed by atoms with Crippen molar-refractivity contribution in [1.29, 1.82) is 0 Å². The molecule has 0 spiro atoms. The van der Waals surface area contributed by atoms with Crippen molar-refractivity contribution >= 4 is 27.5 Å². The first-order chi connectivity index (χ1) is 10.1. The van der Waals surface area contributed by atoms with Gasteiger partial charge in [0.2, 0.25) is 0 Å². The number of carbonyl (C=O) groups excluding carboxylic acids is 1. The fourth-order valence-electron chi connectivity index (χ4n) is 2.81. The van der Waals surface area contributed by atoms with E-state index in [2.05, 4.69) is 45.5 Å². The first-order valence-corrected chi connectivity index (χ1v) is 7.85. The Labute approximate surface area is 132 Å². The summed E-state index contributed by atoms with van der Waals surface area (Å²) < 4.78 is 0.857. The van der Waals surface area contributed by atoms with E-state index in [1.54, 1.807) is 12.1 Å². The van der Waals surface area contributed by atoms with Gasteiger partial charge in [-0.1, -0.05) is 40.2 Å². The maximum Gasteiger partial charge on any atom is 0.253 e. The summed E-state index contributed by atoms with van der Waals surface area (Å²) >= 11 is 3.38. The van der Waals surface area contributed by atoms with E-state index in [1.807, 2.05) is 6.07 Å². The molecule has 1 aliphatic carbocycles. The van der Waals surface area contributed by atoms with E-state index in [0.717, 1.165) is 23.7 Å². The zero-order valence-electron chi connectivity index (χ0n) is 11.6. The Morgan fingerprint density at radius 2 is 1.95 bits per heavy atom. The molecule has 0 saturated heterocycles. The molecule has 0 saturated carbocycles. The summed E-state index contributed by atoms with van der Waals surface area (Å²) in [6.07, 6.45) is 2.86. The van der Waals surface area contributed by atoms with Crippen LogP contribution in [-0.4, -0.2) is 11.9 Å². The Bertz CT molecular complexity index is 684. The molecular weight excluding hydrogens is 328 g/mol. The molecule has 4 heteroatoms. The van der Waals surface area contributed by atoms with Crippen molar-refractivity contribution in [2.24, 2.45) is 0 Å². The van der Waals surface area contributed by atoms with Crippen molar-refractivity contribution in [2.45, 2.75) is 25.3 Å². The Hall–Kier alpha value is -1.81. The summed E-state index contributed by atoms with van der Waals surface area (Å²) in [6, 6.07) is 13.9. The van der Waals surface area contributed by atoms with E-state index < -0.39 is 0 Å². The zero-order chi connectivity index (χ0) is 14.8. The van der Waals surface area contributed by atoms with Gasteiger partial charge in [0.15, 0.2) is 0 Å². The van der Waals surface area contributed by atoms with Crippen LogP contribution in [0.4, 0.5) is 5.69 Å². The van der Waals surface area contributed by atoms with Gasteiger partial charge in [0.25, 0.3) is 5.91 Å². The van der Waals surface area contributed by atoms with Gasteiger partial charge in [-0.25, -0.2) is 0 Å². The minimum absolute atomic E-state index is 0.0989. The van der Waals surface area contributed by atoms with E-state index in [4.69, 9.17) is 5.73 Å². The molecule has 21 heavy (non-hydrogen) atoms. The number of nitrogens with one attached hydrogen (secondary N) is 1. The van der Waals surface area contributed by atoms with Crippen molar-refractivity contribution in [3.05, 3.63) is 63.6 Å². The number of hydrogen-bond acceptors (Lipinski definition) is 2. The monoisotopic (exact) mass is 344 g/mol. The fraction of sp³-hybridized carbons (Fsp3) is 0.235. The first kappa shape index (κ1) is 14.1. The van der Waals surface area contributed by atoms with Crippen LogP contribution in [-0.2, 0) is 12.8 Å². The third-order valence-corrected chi connectivity index (χ3v) is 4.44. The SMILES string of the molecule is Nc1ccc(Br)cc1C(=O)NC1CCc2ccccc2C1. The second-order valence-corrected chi connectivity index (χ2v) is 6.33. The second kappa shape index (κ2) is 5.90. The molecule has 1 amide bonds. The topological polar surface area (TPSA) is 55.1 Å². The van der Waals surface area contributed by atoms with Crippen LogP contribution < -0.4 is 11.1 Å². The van der Waals surface area contributed by atoms with Crippen molar-refractivity contribution in [2.75, 3.05) is 5.73 Å². The molecule has 2 aromatic rings. The van der Waals surface area contributed by atoms with Gasteiger partial charge in [0.1, 0.15) is 0 Å². The van der Waals surface area contributed by atoms with Gasteiger partial charge in [-0.05, 0) is 48.6 Å². The number of hydrogen-bond donors (Lipinski definition) is 2. The molecule has 1 unspecified atom stereocenters. The van der Waals surface area contributed by atoms with Crippen LogP contribution in [0.25, 0.3) is 0 Å². The van der Waals surface area contributed by atoms with Gasteiger partial charge >= 0.3 is 0 Å². The molecule has 108 valence electrons. The van der Waals surface area contributed by atoms with E-state index >= 15 is 0 Å². The minimum Gasteiger partial charge on any atom is -0.398 e. The lowest BCUT2D eigenvalue weighted by Gasteiger charge is -2.25. The number of nitrogen functional groups attached to an aromatic ring is 1. The normalized spacial score (nSPS) is 17.1. The number of nitrogens with two attached hydrogens (primary N) is 1. The number of rotatable bonds is 2. The average molecular weight is 345 g/mol. The van der Waals surface area contributed by atoms with E-state index in [-0.39, 0.29) is 11.9 Å². The van der Waals surface area contributed by atoms with Crippen LogP contribution in [0, 0.1) is 0 Å². The number of fused-ring (bicyclic) bond motifs is 1. The third-order valence-electron chi connectivity index (χ3n) is 3.94. The minimum atomic E-state index is -0.0989. The van der Waals surface area contributed by atoms with Gasteiger partial charge in [0.05, 0.1) is 5.56 Å². The molecule has 2 aromatic carbocycles. The molecule has 0 bridgehead atoms. The molecule has 0 fully saturated rings. The predicted molar refractivity (Wildman–Crippen MR) is 88.3 cm³/mol. The molecule has 1 atom stereocenters. The zero-order valence-corrected chi connectivity index (χ0v) is 13.2. The highest BCUT2D eigenvalue weighted by Gasteiger charge is 2.21. The van der Waals surface area contributed by atoms with Gasteiger partial charge in [0, 0.05) is 16.2 Å². The summed E-state index contributed by atoms with van der Waals surface area (Å²) in [5, 5.41) is 3.10. The van der Waals surface area contributed by atoms with Crippen LogP contribution in [0.2, 0.25) is 0 Å².